The fraction of sp³-hybridized carbons (Fsp3) is 0.111. The van der Waals surface area contributed by atoms with Crippen molar-refractivity contribution in [1.82, 2.24) is 0 Å². The van der Waals surface area contributed by atoms with Gasteiger partial charge in [-0.1, -0.05) is 18.2 Å². The van der Waals surface area contributed by atoms with E-state index in [0.717, 1.165) is 0 Å². The van der Waals surface area contributed by atoms with Gasteiger partial charge in [0.2, 0.25) is 0 Å². The zero-order chi connectivity index (χ0) is 17.5. The number of aliphatic carboxylic acids is 1. The first-order valence-corrected chi connectivity index (χ1v) is 6.98. The van der Waals surface area contributed by atoms with Gasteiger partial charge in [0.05, 0.1) is 13.1 Å². The number of hydrogen-bond acceptors (Lipinski definition) is 5. The Labute approximate surface area is 137 Å². The normalized spacial score (nSPS) is 10.6. The first-order valence-electron chi connectivity index (χ1n) is 6.98. The first-order chi connectivity index (χ1) is 11.5. The largest absolute Gasteiger partial charge is 0.546 e. The molecule has 2 aromatic rings. The lowest BCUT2D eigenvalue weighted by Gasteiger charge is -2.11. The molecule has 0 aliphatic rings. The molecule has 0 bridgehead atoms. The molecule has 6 heteroatoms. The van der Waals surface area contributed by atoms with E-state index in [9.17, 15) is 19.1 Å². The third-order valence-corrected chi connectivity index (χ3v) is 3.07. The Balaban J connectivity index is 2.16. The molecule has 0 heterocycles. The zero-order valence-corrected chi connectivity index (χ0v) is 12.8. The summed E-state index contributed by atoms with van der Waals surface area (Å²) >= 11 is 0. The summed E-state index contributed by atoms with van der Waals surface area (Å²) in [5, 5.41) is 10.4. The van der Waals surface area contributed by atoms with Crippen LogP contribution in [-0.4, -0.2) is 25.5 Å². The van der Waals surface area contributed by atoms with Crippen LogP contribution in [0.4, 0.5) is 4.39 Å². The Bertz CT molecular complexity index is 783. The van der Waals surface area contributed by atoms with Crippen LogP contribution in [0.25, 0.3) is 6.08 Å². The van der Waals surface area contributed by atoms with Gasteiger partial charge in [0.1, 0.15) is 12.4 Å². The summed E-state index contributed by atoms with van der Waals surface area (Å²) in [6.07, 6.45) is 2.81. The van der Waals surface area contributed by atoms with Crippen molar-refractivity contribution in [3.05, 3.63) is 65.5 Å². The summed E-state index contributed by atoms with van der Waals surface area (Å²) in [5.74, 6) is -1.66. The quantitative estimate of drug-likeness (QED) is 0.572. The van der Waals surface area contributed by atoms with E-state index in [-0.39, 0.29) is 23.1 Å². The zero-order valence-electron chi connectivity index (χ0n) is 12.8. The second-order valence-corrected chi connectivity index (χ2v) is 4.78. The molecule has 0 saturated carbocycles. The molecule has 0 radical (unpaired) electrons. The Hall–Kier alpha value is -3.15. The molecule has 5 nitrogen and oxygen atoms in total. The summed E-state index contributed by atoms with van der Waals surface area (Å²) in [4.78, 5) is 22.6. The molecule has 0 atom stereocenters. The van der Waals surface area contributed by atoms with Crippen LogP contribution in [0.15, 0.2) is 48.5 Å². The van der Waals surface area contributed by atoms with Gasteiger partial charge in [-0.3, -0.25) is 4.79 Å². The van der Waals surface area contributed by atoms with Crippen LogP contribution >= 0.6 is 0 Å². The van der Waals surface area contributed by atoms with E-state index in [1.165, 1.54) is 49.6 Å². The lowest BCUT2D eigenvalue weighted by molar-refractivity contribution is -0.307. The molecule has 0 aliphatic carbocycles. The summed E-state index contributed by atoms with van der Waals surface area (Å²) in [6.45, 7) is -0.622. The molecule has 124 valence electrons. The second-order valence-electron chi connectivity index (χ2n) is 4.78. The van der Waals surface area contributed by atoms with Crippen LogP contribution in [0.1, 0.15) is 15.9 Å². The van der Waals surface area contributed by atoms with Crippen molar-refractivity contribution in [2.75, 3.05) is 13.7 Å². The number of ether oxygens (including phenoxy) is 2. The number of rotatable bonds is 7. The molecule has 0 aromatic heterocycles. The number of hydrogen-bond donors (Lipinski definition) is 0. The number of ketones is 1. The standard InChI is InChI=1S/C18H15FO5/c1-23-17-10-13(6-8-16(17)24-11-18(21)22)15(20)7-5-12-3-2-4-14(19)9-12/h2-10H,11H2,1H3,(H,21,22)/p-1/b7-5+. The third-order valence-electron chi connectivity index (χ3n) is 3.07. The summed E-state index contributed by atoms with van der Waals surface area (Å²) in [7, 11) is 1.37. The third kappa shape index (κ3) is 4.67. The van der Waals surface area contributed by atoms with Gasteiger partial charge >= 0.3 is 0 Å². The average molecular weight is 329 g/mol. The maximum absolute atomic E-state index is 13.1. The van der Waals surface area contributed by atoms with Gasteiger partial charge in [-0.2, -0.15) is 0 Å². The molecule has 0 amide bonds. The lowest BCUT2D eigenvalue weighted by atomic mass is 10.1. The highest BCUT2D eigenvalue weighted by Crippen LogP contribution is 2.28. The predicted octanol–water partition coefficient (Wildman–Crippen LogP) is 1.86. The molecule has 0 N–H and O–H groups in total. The van der Waals surface area contributed by atoms with Gasteiger partial charge in [-0.25, -0.2) is 4.39 Å². The van der Waals surface area contributed by atoms with Crippen molar-refractivity contribution < 1.29 is 28.6 Å². The molecule has 2 rings (SSSR count). The molecule has 2 aromatic carbocycles. The van der Waals surface area contributed by atoms with E-state index in [0.29, 0.717) is 11.1 Å². The lowest BCUT2D eigenvalue weighted by Crippen LogP contribution is -2.29. The summed E-state index contributed by atoms with van der Waals surface area (Å²) in [6, 6.07) is 10.2. The van der Waals surface area contributed by atoms with Crippen molar-refractivity contribution >= 4 is 17.8 Å². The highest BCUT2D eigenvalue weighted by atomic mass is 19.1. The second kappa shape index (κ2) is 7.92. The average Bonchev–Trinajstić information content (AvgIpc) is 2.57. The molecule has 0 fully saturated rings. The molecular weight excluding hydrogens is 315 g/mol. The summed E-state index contributed by atoms with van der Waals surface area (Å²) < 4.78 is 23.2. The van der Waals surface area contributed by atoms with Crippen LogP contribution in [0.2, 0.25) is 0 Å². The molecule has 0 aliphatic heterocycles. The minimum absolute atomic E-state index is 0.187. The Morgan fingerprint density at radius 2 is 1.96 bits per heavy atom. The van der Waals surface area contributed by atoms with Crippen molar-refractivity contribution in [3.8, 4) is 11.5 Å². The van der Waals surface area contributed by atoms with E-state index in [1.54, 1.807) is 12.1 Å². The van der Waals surface area contributed by atoms with Gasteiger partial charge in [-0.15, -0.1) is 0 Å². The van der Waals surface area contributed by atoms with Crippen molar-refractivity contribution in [3.63, 3.8) is 0 Å². The Kier molecular flexibility index (Phi) is 5.68. The highest BCUT2D eigenvalue weighted by molar-refractivity contribution is 6.07. The number of allylic oxidation sites excluding steroid dienone is 1. The van der Waals surface area contributed by atoms with Crippen LogP contribution in [0, 0.1) is 5.82 Å². The number of carboxylic acids is 1. The van der Waals surface area contributed by atoms with Crippen molar-refractivity contribution in [2.24, 2.45) is 0 Å². The smallest absolute Gasteiger partial charge is 0.185 e. The van der Waals surface area contributed by atoms with E-state index in [1.807, 2.05) is 0 Å². The van der Waals surface area contributed by atoms with Gasteiger partial charge in [0.25, 0.3) is 0 Å². The van der Waals surface area contributed by atoms with Crippen LogP contribution in [-0.2, 0) is 4.79 Å². The fourth-order valence-corrected chi connectivity index (χ4v) is 1.96. The molecule has 0 spiro atoms. The van der Waals surface area contributed by atoms with E-state index >= 15 is 0 Å². The number of methoxy groups -OCH3 is 1. The van der Waals surface area contributed by atoms with E-state index in [4.69, 9.17) is 9.47 Å². The van der Waals surface area contributed by atoms with Crippen LogP contribution in [0.3, 0.4) is 0 Å². The van der Waals surface area contributed by atoms with Crippen molar-refractivity contribution in [2.45, 2.75) is 0 Å². The monoisotopic (exact) mass is 329 g/mol. The number of halogens is 1. The van der Waals surface area contributed by atoms with Gasteiger partial charge < -0.3 is 19.4 Å². The molecule has 0 unspecified atom stereocenters. The maximum atomic E-state index is 13.1. The molecular formula is C18H14FO5-. The first kappa shape index (κ1) is 17.2. The number of carbonyl (C=O) groups excluding carboxylic acids is 2. The van der Waals surface area contributed by atoms with E-state index in [2.05, 4.69) is 0 Å². The molecule has 0 saturated heterocycles. The minimum Gasteiger partial charge on any atom is -0.546 e. The number of carbonyl (C=O) groups is 2. The van der Waals surface area contributed by atoms with Gasteiger partial charge in [0.15, 0.2) is 17.3 Å². The predicted molar refractivity (Wildman–Crippen MR) is 83.3 cm³/mol. The van der Waals surface area contributed by atoms with Crippen LogP contribution in [0.5, 0.6) is 11.5 Å². The highest BCUT2D eigenvalue weighted by Gasteiger charge is 2.09. The summed E-state index contributed by atoms with van der Waals surface area (Å²) in [5.41, 5.74) is 0.879. The van der Waals surface area contributed by atoms with E-state index < -0.39 is 12.6 Å². The number of carboxylic acid groups (broad SMARTS) is 1. The van der Waals surface area contributed by atoms with Crippen LogP contribution < -0.4 is 14.6 Å². The van der Waals surface area contributed by atoms with Gasteiger partial charge in [-0.05, 0) is 42.0 Å². The topological polar surface area (TPSA) is 75.7 Å². The Morgan fingerprint density at radius 3 is 2.62 bits per heavy atom. The minimum atomic E-state index is -1.37. The Morgan fingerprint density at radius 1 is 1.17 bits per heavy atom. The van der Waals surface area contributed by atoms with Gasteiger partial charge in [0, 0.05) is 5.56 Å². The maximum Gasteiger partial charge on any atom is 0.185 e. The SMILES string of the molecule is COc1cc(C(=O)/C=C/c2cccc(F)c2)ccc1OCC(=O)[O-]. The number of benzene rings is 2. The molecule has 24 heavy (non-hydrogen) atoms. The fourth-order valence-electron chi connectivity index (χ4n) is 1.96. The van der Waals surface area contributed by atoms with Crippen molar-refractivity contribution in [1.29, 1.82) is 0 Å².